The van der Waals surface area contributed by atoms with E-state index in [1.54, 1.807) is 16.7 Å². The highest BCUT2D eigenvalue weighted by Gasteiger charge is 2.20. The fourth-order valence-corrected chi connectivity index (χ4v) is 4.48. The van der Waals surface area contributed by atoms with E-state index in [9.17, 15) is 4.79 Å². The number of rotatable bonds is 6. The van der Waals surface area contributed by atoms with Crippen molar-refractivity contribution < 1.29 is 4.42 Å². The van der Waals surface area contributed by atoms with E-state index in [4.69, 9.17) is 4.42 Å². The molecule has 0 saturated carbocycles. The van der Waals surface area contributed by atoms with E-state index in [0.717, 1.165) is 10.4 Å². The molecule has 3 heterocycles. The number of aryl methyl sites for hydroxylation is 1. The SMILES string of the molecule is C=CCn1c(SC(C)c2nnc(-c3ccc(C)cc3)o2)nc2sccc2c1=O. The monoisotopic (exact) mass is 410 g/mol. The first kappa shape index (κ1) is 18.6. The van der Waals surface area contributed by atoms with Crippen LogP contribution in [-0.4, -0.2) is 19.7 Å². The van der Waals surface area contributed by atoms with Gasteiger partial charge in [0.2, 0.25) is 11.8 Å². The van der Waals surface area contributed by atoms with Gasteiger partial charge in [-0.3, -0.25) is 9.36 Å². The zero-order valence-corrected chi connectivity index (χ0v) is 17.1. The van der Waals surface area contributed by atoms with Crippen molar-refractivity contribution in [2.45, 2.75) is 30.8 Å². The molecule has 0 saturated heterocycles. The van der Waals surface area contributed by atoms with Gasteiger partial charge in [0.25, 0.3) is 5.56 Å². The van der Waals surface area contributed by atoms with E-state index in [-0.39, 0.29) is 10.8 Å². The van der Waals surface area contributed by atoms with Gasteiger partial charge in [0.05, 0.1) is 10.6 Å². The number of benzene rings is 1. The summed E-state index contributed by atoms with van der Waals surface area (Å²) in [5.74, 6) is 0.971. The average Bonchev–Trinajstić information content (AvgIpc) is 3.35. The molecule has 0 N–H and O–H groups in total. The minimum atomic E-state index is -0.160. The van der Waals surface area contributed by atoms with Gasteiger partial charge in [-0.15, -0.1) is 28.1 Å². The van der Waals surface area contributed by atoms with E-state index in [0.29, 0.717) is 28.9 Å². The molecule has 4 rings (SSSR count). The van der Waals surface area contributed by atoms with E-state index in [2.05, 4.69) is 21.8 Å². The maximum atomic E-state index is 12.8. The Morgan fingerprint density at radius 2 is 2.07 bits per heavy atom. The molecule has 4 aromatic rings. The summed E-state index contributed by atoms with van der Waals surface area (Å²) in [5.41, 5.74) is 1.98. The molecule has 0 aliphatic heterocycles. The van der Waals surface area contributed by atoms with Crippen LogP contribution in [0, 0.1) is 6.92 Å². The maximum absolute atomic E-state index is 12.8. The molecule has 28 heavy (non-hydrogen) atoms. The predicted molar refractivity (Wildman–Crippen MR) is 113 cm³/mol. The Morgan fingerprint density at radius 3 is 2.82 bits per heavy atom. The zero-order valence-electron chi connectivity index (χ0n) is 15.5. The number of hydrogen-bond donors (Lipinski definition) is 0. The highest BCUT2D eigenvalue weighted by molar-refractivity contribution is 7.99. The Balaban J connectivity index is 1.64. The van der Waals surface area contributed by atoms with Gasteiger partial charge in [0.15, 0.2) is 5.16 Å². The topological polar surface area (TPSA) is 73.8 Å². The van der Waals surface area contributed by atoms with E-state index >= 15 is 0 Å². The van der Waals surface area contributed by atoms with Crippen LogP contribution in [0.25, 0.3) is 21.7 Å². The second-order valence-corrected chi connectivity index (χ2v) is 8.51. The molecule has 3 aromatic heterocycles. The lowest BCUT2D eigenvalue weighted by Gasteiger charge is -2.12. The number of nitrogens with zero attached hydrogens (tertiary/aromatic N) is 4. The van der Waals surface area contributed by atoms with E-state index in [1.807, 2.05) is 43.5 Å². The number of thiophene rings is 1. The fourth-order valence-electron chi connectivity index (χ4n) is 2.73. The summed E-state index contributed by atoms with van der Waals surface area (Å²) in [4.78, 5) is 18.1. The van der Waals surface area contributed by atoms with E-state index < -0.39 is 0 Å². The third-order valence-corrected chi connectivity index (χ3v) is 6.11. The standard InChI is InChI=1S/C20H18N4O2S2/c1-4-10-24-19(25)15-9-11-27-18(15)21-20(24)28-13(3)16-22-23-17(26-16)14-7-5-12(2)6-8-14/h4-9,11,13H,1,10H2,2-3H3. The predicted octanol–water partition coefficient (Wildman–Crippen LogP) is 4.86. The third kappa shape index (κ3) is 3.53. The van der Waals surface area contributed by atoms with Crippen molar-refractivity contribution in [3.05, 3.63) is 70.2 Å². The van der Waals surface area contributed by atoms with Crippen LogP contribution >= 0.6 is 23.1 Å². The van der Waals surface area contributed by atoms with Gasteiger partial charge in [-0.2, -0.15) is 0 Å². The highest BCUT2D eigenvalue weighted by Crippen LogP contribution is 2.34. The van der Waals surface area contributed by atoms with Crippen molar-refractivity contribution >= 4 is 33.3 Å². The lowest BCUT2D eigenvalue weighted by Crippen LogP contribution is -2.22. The van der Waals surface area contributed by atoms with Crippen LogP contribution in [0.1, 0.15) is 23.6 Å². The Hall–Kier alpha value is -2.71. The number of hydrogen-bond acceptors (Lipinski definition) is 7. The number of fused-ring (bicyclic) bond motifs is 1. The van der Waals surface area contributed by atoms with Crippen LogP contribution in [-0.2, 0) is 6.54 Å². The molecule has 1 atom stereocenters. The van der Waals surface area contributed by atoms with Crippen molar-refractivity contribution in [2.24, 2.45) is 0 Å². The minimum Gasteiger partial charge on any atom is -0.419 e. The van der Waals surface area contributed by atoms with Gasteiger partial charge >= 0.3 is 0 Å². The molecule has 0 amide bonds. The van der Waals surface area contributed by atoms with Gasteiger partial charge in [-0.25, -0.2) is 4.98 Å². The summed E-state index contributed by atoms with van der Waals surface area (Å²) < 4.78 is 7.50. The smallest absolute Gasteiger partial charge is 0.263 e. The lowest BCUT2D eigenvalue weighted by molar-refractivity contribution is 0.508. The summed E-state index contributed by atoms with van der Waals surface area (Å²) >= 11 is 2.87. The maximum Gasteiger partial charge on any atom is 0.263 e. The van der Waals surface area contributed by atoms with Crippen LogP contribution in [0.2, 0.25) is 0 Å². The van der Waals surface area contributed by atoms with E-state index in [1.165, 1.54) is 28.7 Å². The summed E-state index contributed by atoms with van der Waals surface area (Å²) in [6.45, 7) is 8.13. The molecular formula is C20H18N4O2S2. The molecule has 0 spiro atoms. The molecular weight excluding hydrogens is 392 g/mol. The normalized spacial score (nSPS) is 12.4. The van der Waals surface area contributed by atoms with Crippen molar-refractivity contribution in [3.8, 4) is 11.5 Å². The third-order valence-electron chi connectivity index (χ3n) is 4.23. The Kier molecular flexibility index (Phi) is 5.15. The Bertz CT molecular complexity index is 1190. The van der Waals surface area contributed by atoms with Gasteiger partial charge in [-0.1, -0.05) is 35.5 Å². The van der Waals surface area contributed by atoms with Gasteiger partial charge in [0, 0.05) is 12.1 Å². The molecule has 1 unspecified atom stereocenters. The van der Waals surface area contributed by atoms with Gasteiger partial charge in [0.1, 0.15) is 4.83 Å². The summed E-state index contributed by atoms with van der Waals surface area (Å²) in [7, 11) is 0. The highest BCUT2D eigenvalue weighted by atomic mass is 32.2. The Labute approximate surface area is 170 Å². The van der Waals surface area contributed by atoms with Crippen molar-refractivity contribution in [2.75, 3.05) is 0 Å². The van der Waals surface area contributed by atoms with Crippen LogP contribution in [0.4, 0.5) is 0 Å². The quantitative estimate of drug-likeness (QED) is 0.257. The first-order valence-corrected chi connectivity index (χ1v) is 10.5. The van der Waals surface area contributed by atoms with Crippen molar-refractivity contribution in [1.82, 2.24) is 19.7 Å². The number of aromatic nitrogens is 4. The van der Waals surface area contributed by atoms with Crippen molar-refractivity contribution in [1.29, 1.82) is 0 Å². The molecule has 0 radical (unpaired) electrons. The van der Waals surface area contributed by atoms with Gasteiger partial charge in [-0.05, 0) is 37.4 Å². The second-order valence-electron chi connectivity index (χ2n) is 6.31. The van der Waals surface area contributed by atoms with Crippen molar-refractivity contribution in [3.63, 3.8) is 0 Å². The van der Waals surface area contributed by atoms with Crippen LogP contribution in [0.5, 0.6) is 0 Å². The fraction of sp³-hybridized carbons (Fsp3) is 0.200. The minimum absolute atomic E-state index is 0.0632. The summed E-state index contributed by atoms with van der Waals surface area (Å²) in [5, 5.41) is 11.3. The molecule has 6 nitrogen and oxygen atoms in total. The number of allylic oxidation sites excluding steroid dienone is 1. The second kappa shape index (κ2) is 7.73. The van der Waals surface area contributed by atoms with Gasteiger partial charge < -0.3 is 4.42 Å². The molecule has 0 aliphatic rings. The first-order valence-electron chi connectivity index (χ1n) is 8.73. The molecule has 142 valence electrons. The Morgan fingerprint density at radius 1 is 1.29 bits per heavy atom. The van der Waals surface area contributed by atoms with Crippen LogP contribution in [0.3, 0.4) is 0 Å². The molecule has 1 aromatic carbocycles. The summed E-state index contributed by atoms with van der Waals surface area (Å²) in [6, 6.07) is 9.73. The van der Waals surface area contributed by atoms with Crippen LogP contribution in [0.15, 0.2) is 62.7 Å². The molecule has 8 heteroatoms. The summed E-state index contributed by atoms with van der Waals surface area (Å²) in [6.07, 6.45) is 1.69. The van der Waals surface area contributed by atoms with Crippen LogP contribution < -0.4 is 5.56 Å². The number of thioether (sulfide) groups is 1. The first-order chi connectivity index (χ1) is 13.6. The average molecular weight is 411 g/mol. The molecule has 0 bridgehead atoms. The zero-order chi connectivity index (χ0) is 19.7. The molecule has 0 aliphatic carbocycles. The lowest BCUT2D eigenvalue weighted by atomic mass is 10.1. The molecule has 0 fully saturated rings. The largest absolute Gasteiger partial charge is 0.419 e.